The topological polar surface area (TPSA) is 89.4 Å². The predicted octanol–water partition coefficient (Wildman–Crippen LogP) is 0.517. The van der Waals surface area contributed by atoms with E-state index in [0.29, 0.717) is 12.1 Å². The number of nitrogens with two attached hydrogens (primary N) is 1. The number of aromatic nitrogens is 1. The lowest BCUT2D eigenvalue weighted by Crippen LogP contribution is -2.02. The molecular formula is C6H8N2O3. The number of rotatable bonds is 2. The fraction of sp³-hybridized carbons (Fsp3) is 0.333. The van der Waals surface area contributed by atoms with Crippen molar-refractivity contribution in [1.82, 2.24) is 5.16 Å². The fourth-order valence-corrected chi connectivity index (χ4v) is 0.808. The summed E-state index contributed by atoms with van der Waals surface area (Å²) in [4.78, 5) is 10.5. The van der Waals surface area contributed by atoms with Gasteiger partial charge in [-0.05, 0) is 6.42 Å². The van der Waals surface area contributed by atoms with Crippen LogP contribution < -0.4 is 5.73 Å². The van der Waals surface area contributed by atoms with E-state index in [0.717, 1.165) is 0 Å². The van der Waals surface area contributed by atoms with Gasteiger partial charge in [0.2, 0.25) is 5.88 Å². The van der Waals surface area contributed by atoms with Gasteiger partial charge in [0, 0.05) is 0 Å². The monoisotopic (exact) mass is 156 g/mol. The number of nitrogens with zero attached hydrogens (tertiary/aromatic N) is 1. The first-order valence-electron chi connectivity index (χ1n) is 3.14. The van der Waals surface area contributed by atoms with Gasteiger partial charge in [0.1, 0.15) is 11.3 Å². The van der Waals surface area contributed by atoms with Crippen LogP contribution in [0.4, 0.5) is 5.88 Å². The number of anilines is 1. The Morgan fingerprint density at radius 3 is 2.82 bits per heavy atom. The van der Waals surface area contributed by atoms with E-state index >= 15 is 0 Å². The minimum Gasteiger partial charge on any atom is -0.477 e. The Balaban J connectivity index is 3.17. The standard InChI is InChI=1S/C6H8N2O3/c1-2-3-4(6(9)10)5(7)11-8-3/h2,7H2,1H3,(H,9,10). The summed E-state index contributed by atoms with van der Waals surface area (Å²) in [7, 11) is 0. The Morgan fingerprint density at radius 2 is 2.45 bits per heavy atom. The fourth-order valence-electron chi connectivity index (χ4n) is 0.808. The van der Waals surface area contributed by atoms with Crippen LogP contribution in [0, 0.1) is 0 Å². The number of aromatic carboxylic acids is 1. The first-order valence-corrected chi connectivity index (χ1v) is 3.14. The lowest BCUT2D eigenvalue weighted by molar-refractivity contribution is 0.0696. The molecule has 0 saturated heterocycles. The smallest absolute Gasteiger partial charge is 0.343 e. The summed E-state index contributed by atoms with van der Waals surface area (Å²) in [6.45, 7) is 1.78. The van der Waals surface area contributed by atoms with Crippen LogP contribution in [0.1, 0.15) is 23.0 Å². The van der Waals surface area contributed by atoms with Gasteiger partial charge < -0.3 is 15.4 Å². The predicted molar refractivity (Wildman–Crippen MR) is 37.3 cm³/mol. The third kappa shape index (κ3) is 1.17. The molecule has 1 heterocycles. The molecule has 0 aliphatic heterocycles. The number of aryl methyl sites for hydroxylation is 1. The SMILES string of the molecule is CCc1noc(N)c1C(=O)O. The van der Waals surface area contributed by atoms with E-state index in [2.05, 4.69) is 9.68 Å². The summed E-state index contributed by atoms with van der Waals surface area (Å²) in [5.41, 5.74) is 5.57. The maximum Gasteiger partial charge on any atom is 0.343 e. The van der Waals surface area contributed by atoms with Crippen molar-refractivity contribution in [1.29, 1.82) is 0 Å². The zero-order valence-corrected chi connectivity index (χ0v) is 6.00. The second-order valence-electron chi connectivity index (χ2n) is 2.03. The van der Waals surface area contributed by atoms with Crippen molar-refractivity contribution in [3.63, 3.8) is 0 Å². The first kappa shape index (κ1) is 7.59. The van der Waals surface area contributed by atoms with E-state index in [1.807, 2.05) is 0 Å². The van der Waals surface area contributed by atoms with E-state index in [-0.39, 0.29) is 11.4 Å². The van der Waals surface area contributed by atoms with Gasteiger partial charge in [-0.15, -0.1) is 0 Å². The lowest BCUT2D eigenvalue weighted by Gasteiger charge is -1.89. The molecule has 0 fully saturated rings. The van der Waals surface area contributed by atoms with Crippen molar-refractivity contribution < 1.29 is 14.4 Å². The van der Waals surface area contributed by atoms with Crippen LogP contribution >= 0.6 is 0 Å². The van der Waals surface area contributed by atoms with Crippen LogP contribution in [0.5, 0.6) is 0 Å². The number of carboxylic acid groups (broad SMARTS) is 1. The van der Waals surface area contributed by atoms with Crippen molar-refractivity contribution in [2.45, 2.75) is 13.3 Å². The summed E-state index contributed by atoms with van der Waals surface area (Å²) in [6.07, 6.45) is 0.502. The van der Waals surface area contributed by atoms with Crippen molar-refractivity contribution in [2.24, 2.45) is 0 Å². The highest BCUT2D eigenvalue weighted by molar-refractivity contribution is 5.93. The number of carbonyl (C=O) groups is 1. The molecule has 3 N–H and O–H groups in total. The number of nitrogen functional groups attached to an aromatic ring is 1. The molecule has 0 aliphatic rings. The number of hydrogen-bond donors (Lipinski definition) is 2. The van der Waals surface area contributed by atoms with Gasteiger partial charge in [0.15, 0.2) is 0 Å². The van der Waals surface area contributed by atoms with Gasteiger partial charge in [-0.25, -0.2) is 4.79 Å². The molecule has 1 rings (SSSR count). The Bertz CT molecular complexity index is 279. The van der Waals surface area contributed by atoms with Crippen LogP contribution in [0.2, 0.25) is 0 Å². The molecule has 0 bridgehead atoms. The van der Waals surface area contributed by atoms with Crippen molar-refractivity contribution in [3.05, 3.63) is 11.3 Å². The molecule has 0 aromatic carbocycles. The minimum absolute atomic E-state index is 0.0208. The molecule has 5 heteroatoms. The summed E-state index contributed by atoms with van der Waals surface area (Å²) in [6, 6.07) is 0. The third-order valence-corrected chi connectivity index (χ3v) is 1.34. The highest BCUT2D eigenvalue weighted by atomic mass is 16.5. The molecule has 0 spiro atoms. The van der Waals surface area contributed by atoms with E-state index in [4.69, 9.17) is 10.8 Å². The quantitative estimate of drug-likeness (QED) is 0.651. The average Bonchev–Trinajstić information content (AvgIpc) is 2.30. The molecule has 0 unspecified atom stereocenters. The molecular weight excluding hydrogens is 148 g/mol. The van der Waals surface area contributed by atoms with Gasteiger partial charge in [0.25, 0.3) is 0 Å². The van der Waals surface area contributed by atoms with Crippen LogP contribution in [-0.4, -0.2) is 16.2 Å². The maximum absolute atomic E-state index is 10.5. The Morgan fingerprint density at radius 1 is 1.82 bits per heavy atom. The largest absolute Gasteiger partial charge is 0.477 e. The van der Waals surface area contributed by atoms with Gasteiger partial charge >= 0.3 is 5.97 Å². The number of carboxylic acids is 1. The summed E-state index contributed by atoms with van der Waals surface area (Å²) >= 11 is 0. The van der Waals surface area contributed by atoms with E-state index < -0.39 is 5.97 Å². The van der Waals surface area contributed by atoms with Crippen molar-refractivity contribution in [2.75, 3.05) is 5.73 Å². The molecule has 11 heavy (non-hydrogen) atoms. The Labute approximate surface area is 62.8 Å². The maximum atomic E-state index is 10.5. The second-order valence-corrected chi connectivity index (χ2v) is 2.03. The Kier molecular flexibility index (Phi) is 1.80. The molecule has 5 nitrogen and oxygen atoms in total. The summed E-state index contributed by atoms with van der Waals surface area (Å²) < 4.78 is 4.49. The normalized spacial score (nSPS) is 9.91. The molecule has 1 aromatic heterocycles. The van der Waals surface area contributed by atoms with Gasteiger partial charge in [0.05, 0.1) is 0 Å². The van der Waals surface area contributed by atoms with E-state index in [1.54, 1.807) is 6.92 Å². The van der Waals surface area contributed by atoms with Crippen molar-refractivity contribution >= 4 is 11.9 Å². The summed E-state index contributed by atoms with van der Waals surface area (Å²) in [5, 5.41) is 12.1. The highest BCUT2D eigenvalue weighted by Gasteiger charge is 2.18. The first-order chi connectivity index (χ1) is 5.16. The van der Waals surface area contributed by atoms with Crippen LogP contribution in [0.15, 0.2) is 4.52 Å². The van der Waals surface area contributed by atoms with Gasteiger partial charge in [-0.1, -0.05) is 12.1 Å². The minimum atomic E-state index is -1.10. The zero-order valence-electron chi connectivity index (χ0n) is 6.00. The van der Waals surface area contributed by atoms with E-state index in [9.17, 15) is 4.79 Å². The van der Waals surface area contributed by atoms with Gasteiger partial charge in [-0.2, -0.15) is 0 Å². The molecule has 0 amide bonds. The van der Waals surface area contributed by atoms with Gasteiger partial charge in [-0.3, -0.25) is 0 Å². The second kappa shape index (κ2) is 2.61. The zero-order chi connectivity index (χ0) is 8.43. The van der Waals surface area contributed by atoms with E-state index in [1.165, 1.54) is 0 Å². The number of hydrogen-bond acceptors (Lipinski definition) is 4. The highest BCUT2D eigenvalue weighted by Crippen LogP contribution is 2.16. The van der Waals surface area contributed by atoms with Crippen LogP contribution in [-0.2, 0) is 6.42 Å². The van der Waals surface area contributed by atoms with Crippen LogP contribution in [0.3, 0.4) is 0 Å². The Hall–Kier alpha value is -1.52. The average molecular weight is 156 g/mol. The molecule has 60 valence electrons. The molecule has 0 saturated carbocycles. The molecule has 0 atom stereocenters. The molecule has 0 radical (unpaired) electrons. The molecule has 1 aromatic rings. The van der Waals surface area contributed by atoms with Crippen LogP contribution in [0.25, 0.3) is 0 Å². The molecule has 0 aliphatic carbocycles. The lowest BCUT2D eigenvalue weighted by atomic mass is 10.2. The summed E-state index contributed by atoms with van der Waals surface area (Å²) in [5.74, 6) is -1.23. The third-order valence-electron chi connectivity index (χ3n) is 1.34. The van der Waals surface area contributed by atoms with Crippen molar-refractivity contribution in [3.8, 4) is 0 Å².